The Balaban J connectivity index is 1.62. The Bertz CT molecular complexity index is 974. The van der Waals surface area contributed by atoms with Crippen LogP contribution in [0.25, 0.3) is 0 Å². The molecule has 1 aliphatic rings. The monoisotopic (exact) mass is 409 g/mol. The first-order valence-electron chi connectivity index (χ1n) is 9.47. The fourth-order valence-electron chi connectivity index (χ4n) is 3.11. The summed E-state index contributed by atoms with van der Waals surface area (Å²) in [5.74, 6) is -1.94. The lowest BCUT2D eigenvalue weighted by atomic mass is 9.91. The SMILES string of the molecule is Cc1ccc([C@]2(C)NC(=O)N(CC(=O)O[C@@H](C)C(=O)Nc3ccccc3)C2=O)cc1. The first-order valence-corrected chi connectivity index (χ1v) is 9.47. The van der Waals surface area contributed by atoms with Gasteiger partial charge in [0.05, 0.1) is 0 Å². The van der Waals surface area contributed by atoms with Crippen LogP contribution in [0.5, 0.6) is 0 Å². The molecule has 2 atom stereocenters. The van der Waals surface area contributed by atoms with Gasteiger partial charge < -0.3 is 15.4 Å². The zero-order valence-electron chi connectivity index (χ0n) is 17.0. The molecule has 30 heavy (non-hydrogen) atoms. The van der Waals surface area contributed by atoms with Gasteiger partial charge in [-0.3, -0.25) is 19.3 Å². The molecular formula is C22H23N3O5. The number of amides is 4. The maximum Gasteiger partial charge on any atom is 0.327 e. The summed E-state index contributed by atoms with van der Waals surface area (Å²) in [6.45, 7) is 4.32. The Morgan fingerprint density at radius 2 is 1.73 bits per heavy atom. The predicted molar refractivity (Wildman–Crippen MR) is 109 cm³/mol. The van der Waals surface area contributed by atoms with Crippen molar-refractivity contribution in [2.75, 3.05) is 11.9 Å². The topological polar surface area (TPSA) is 105 Å². The minimum atomic E-state index is -1.28. The lowest BCUT2D eigenvalue weighted by Crippen LogP contribution is -2.42. The number of esters is 1. The molecule has 1 heterocycles. The fourth-order valence-corrected chi connectivity index (χ4v) is 3.11. The zero-order valence-corrected chi connectivity index (χ0v) is 17.0. The summed E-state index contributed by atoms with van der Waals surface area (Å²) in [6.07, 6.45) is -1.10. The zero-order chi connectivity index (χ0) is 21.9. The molecule has 0 unspecified atom stereocenters. The van der Waals surface area contributed by atoms with Crippen LogP contribution in [0.15, 0.2) is 54.6 Å². The molecule has 2 N–H and O–H groups in total. The Morgan fingerprint density at radius 3 is 2.37 bits per heavy atom. The van der Waals surface area contributed by atoms with Crippen LogP contribution in [0.4, 0.5) is 10.5 Å². The number of nitrogens with one attached hydrogen (secondary N) is 2. The maximum absolute atomic E-state index is 12.9. The number of rotatable bonds is 6. The van der Waals surface area contributed by atoms with Gasteiger partial charge in [-0.05, 0) is 38.5 Å². The largest absolute Gasteiger partial charge is 0.451 e. The summed E-state index contributed by atoms with van der Waals surface area (Å²) in [6, 6.07) is 15.2. The van der Waals surface area contributed by atoms with Gasteiger partial charge in [-0.2, -0.15) is 0 Å². The van der Waals surface area contributed by atoms with Crippen molar-refractivity contribution in [2.45, 2.75) is 32.4 Å². The molecule has 2 aromatic carbocycles. The lowest BCUT2D eigenvalue weighted by molar-refractivity contribution is -0.155. The van der Waals surface area contributed by atoms with Crippen LogP contribution in [0.2, 0.25) is 0 Å². The van der Waals surface area contributed by atoms with Gasteiger partial charge in [0.15, 0.2) is 6.10 Å². The number of hydrogen-bond donors (Lipinski definition) is 2. The van der Waals surface area contributed by atoms with Crippen LogP contribution in [0.1, 0.15) is 25.0 Å². The van der Waals surface area contributed by atoms with E-state index in [4.69, 9.17) is 4.74 Å². The van der Waals surface area contributed by atoms with E-state index in [9.17, 15) is 19.2 Å². The maximum atomic E-state index is 12.9. The van der Waals surface area contributed by atoms with E-state index >= 15 is 0 Å². The van der Waals surface area contributed by atoms with E-state index in [1.54, 1.807) is 43.3 Å². The van der Waals surface area contributed by atoms with Crippen molar-refractivity contribution in [3.63, 3.8) is 0 Å². The third-order valence-corrected chi connectivity index (χ3v) is 4.91. The second kappa shape index (κ2) is 8.36. The highest BCUT2D eigenvalue weighted by Gasteiger charge is 2.49. The van der Waals surface area contributed by atoms with Crippen molar-refractivity contribution in [3.05, 3.63) is 65.7 Å². The number of urea groups is 1. The van der Waals surface area contributed by atoms with Crippen molar-refractivity contribution in [2.24, 2.45) is 0 Å². The Kier molecular flexibility index (Phi) is 5.86. The number of hydrogen-bond acceptors (Lipinski definition) is 5. The molecule has 1 fully saturated rings. The summed E-state index contributed by atoms with van der Waals surface area (Å²) < 4.78 is 5.11. The van der Waals surface area contributed by atoms with Crippen LogP contribution in [-0.2, 0) is 24.7 Å². The van der Waals surface area contributed by atoms with Gasteiger partial charge in [-0.1, -0.05) is 48.0 Å². The van der Waals surface area contributed by atoms with Crippen LogP contribution in [0.3, 0.4) is 0 Å². The number of aryl methyl sites for hydroxylation is 1. The molecule has 0 saturated carbocycles. The molecule has 156 valence electrons. The molecule has 0 bridgehead atoms. The molecule has 4 amide bonds. The van der Waals surface area contributed by atoms with Crippen molar-refractivity contribution >= 4 is 29.5 Å². The molecule has 8 heteroatoms. The van der Waals surface area contributed by atoms with Crippen molar-refractivity contribution in [1.82, 2.24) is 10.2 Å². The average Bonchev–Trinajstić information content (AvgIpc) is 2.93. The van der Waals surface area contributed by atoms with Gasteiger partial charge in [-0.25, -0.2) is 4.79 Å². The first kappa shape index (κ1) is 21.0. The number of nitrogens with zero attached hydrogens (tertiary/aromatic N) is 1. The number of imide groups is 1. The number of carbonyl (C=O) groups excluding carboxylic acids is 4. The molecule has 0 spiro atoms. The van der Waals surface area contributed by atoms with Gasteiger partial charge in [-0.15, -0.1) is 0 Å². The molecule has 0 aliphatic carbocycles. The van der Waals surface area contributed by atoms with Gasteiger partial charge in [0, 0.05) is 5.69 Å². The van der Waals surface area contributed by atoms with E-state index in [-0.39, 0.29) is 0 Å². The Morgan fingerprint density at radius 1 is 1.10 bits per heavy atom. The first-order chi connectivity index (χ1) is 14.2. The quantitative estimate of drug-likeness (QED) is 0.563. The van der Waals surface area contributed by atoms with Crippen molar-refractivity contribution < 1.29 is 23.9 Å². The predicted octanol–water partition coefficient (Wildman–Crippen LogP) is 2.33. The van der Waals surface area contributed by atoms with E-state index in [0.29, 0.717) is 11.3 Å². The molecule has 3 rings (SSSR count). The number of anilines is 1. The van der Waals surface area contributed by atoms with Gasteiger partial charge in [0.1, 0.15) is 12.1 Å². The molecule has 0 aromatic heterocycles. The normalized spacial score (nSPS) is 19.2. The van der Waals surface area contributed by atoms with Crippen molar-refractivity contribution in [1.29, 1.82) is 0 Å². The van der Waals surface area contributed by atoms with Gasteiger partial charge >= 0.3 is 12.0 Å². The molecule has 2 aromatic rings. The second-order valence-electron chi connectivity index (χ2n) is 7.30. The summed E-state index contributed by atoms with van der Waals surface area (Å²) in [5, 5.41) is 5.25. The number of para-hydroxylation sites is 1. The molecule has 1 saturated heterocycles. The van der Waals surface area contributed by atoms with E-state index in [1.165, 1.54) is 6.92 Å². The average molecular weight is 409 g/mol. The molecular weight excluding hydrogens is 386 g/mol. The van der Waals surface area contributed by atoms with Crippen LogP contribution < -0.4 is 10.6 Å². The standard InChI is InChI=1S/C22H23N3O5/c1-14-9-11-16(12-10-14)22(3)20(28)25(21(29)24-22)13-18(26)30-15(2)19(27)23-17-7-5-4-6-8-17/h4-12,15H,13H2,1-3H3,(H,23,27)(H,24,29)/t15-,22-/m0/s1. The number of carbonyl (C=O) groups is 4. The van der Waals surface area contributed by atoms with E-state index in [0.717, 1.165) is 10.5 Å². The third-order valence-electron chi connectivity index (χ3n) is 4.91. The molecule has 0 radical (unpaired) electrons. The van der Waals surface area contributed by atoms with E-state index in [2.05, 4.69) is 10.6 Å². The smallest absolute Gasteiger partial charge is 0.327 e. The molecule has 1 aliphatic heterocycles. The minimum Gasteiger partial charge on any atom is -0.451 e. The molecule has 8 nitrogen and oxygen atoms in total. The van der Waals surface area contributed by atoms with Crippen LogP contribution >= 0.6 is 0 Å². The number of ether oxygens (including phenoxy) is 1. The van der Waals surface area contributed by atoms with E-state index < -0.39 is 42.0 Å². The fraction of sp³-hybridized carbons (Fsp3) is 0.273. The third kappa shape index (κ3) is 4.32. The summed E-state index contributed by atoms with van der Waals surface area (Å²) in [5.41, 5.74) is 0.912. The van der Waals surface area contributed by atoms with Crippen molar-refractivity contribution in [3.8, 4) is 0 Å². The summed E-state index contributed by atoms with van der Waals surface area (Å²) >= 11 is 0. The highest BCUT2D eigenvalue weighted by Crippen LogP contribution is 2.29. The highest BCUT2D eigenvalue weighted by molar-refractivity contribution is 6.09. The second-order valence-corrected chi connectivity index (χ2v) is 7.30. The van der Waals surface area contributed by atoms with Gasteiger partial charge in [0.2, 0.25) is 0 Å². The Labute approximate surface area is 174 Å². The number of benzene rings is 2. The minimum absolute atomic E-state index is 0.517. The highest BCUT2D eigenvalue weighted by atomic mass is 16.5. The summed E-state index contributed by atoms with van der Waals surface area (Å²) in [7, 11) is 0. The van der Waals surface area contributed by atoms with Crippen LogP contribution in [-0.4, -0.2) is 41.4 Å². The lowest BCUT2D eigenvalue weighted by Gasteiger charge is -2.22. The van der Waals surface area contributed by atoms with Crippen LogP contribution in [0, 0.1) is 6.92 Å². The summed E-state index contributed by atoms with van der Waals surface area (Å²) in [4.78, 5) is 50.5. The Hall–Kier alpha value is -3.68. The van der Waals surface area contributed by atoms with E-state index in [1.807, 2.05) is 25.1 Å². The van der Waals surface area contributed by atoms with Gasteiger partial charge in [0.25, 0.3) is 11.8 Å².